The van der Waals surface area contributed by atoms with Gasteiger partial charge in [-0.25, -0.2) is 0 Å². The Balaban J connectivity index is 2.35. The molecular formula is C18H25NO4. The number of hydrogen-bond acceptors (Lipinski definition) is 5. The summed E-state index contributed by atoms with van der Waals surface area (Å²) in [7, 11) is 4.75. The molecule has 1 fully saturated rings. The van der Waals surface area contributed by atoms with Crippen molar-refractivity contribution in [1.29, 1.82) is 0 Å². The molecule has 0 aromatic heterocycles. The summed E-state index contributed by atoms with van der Waals surface area (Å²) in [5.41, 5.74) is 1.71. The highest BCUT2D eigenvalue weighted by Crippen LogP contribution is 2.38. The number of Topliss-reactive ketones (excluding diaryl/α,β-unsaturated/α-hetero) is 1. The third-order valence-electron chi connectivity index (χ3n) is 3.97. The van der Waals surface area contributed by atoms with Crippen LogP contribution in [0, 0.1) is 0 Å². The number of carbonyl (C=O) groups is 1. The van der Waals surface area contributed by atoms with Gasteiger partial charge in [-0.2, -0.15) is 0 Å². The second-order valence-electron chi connectivity index (χ2n) is 5.58. The number of nitrogens with zero attached hydrogens (tertiary/aromatic N) is 1. The van der Waals surface area contributed by atoms with Crippen molar-refractivity contribution in [1.82, 2.24) is 4.90 Å². The third-order valence-corrected chi connectivity index (χ3v) is 3.97. The van der Waals surface area contributed by atoms with Crippen LogP contribution in [0.1, 0.15) is 25.3 Å². The lowest BCUT2D eigenvalue weighted by Crippen LogP contribution is -2.36. The molecule has 0 amide bonds. The summed E-state index contributed by atoms with van der Waals surface area (Å²) in [4.78, 5) is 14.5. The van der Waals surface area contributed by atoms with Gasteiger partial charge in [0, 0.05) is 25.1 Å². The van der Waals surface area contributed by atoms with E-state index in [1.807, 2.05) is 18.2 Å². The molecule has 1 aromatic carbocycles. The van der Waals surface area contributed by atoms with E-state index in [9.17, 15) is 4.79 Å². The maximum Gasteiger partial charge on any atom is 0.203 e. The highest BCUT2D eigenvalue weighted by Gasteiger charge is 2.21. The van der Waals surface area contributed by atoms with Crippen LogP contribution in [0.15, 0.2) is 17.7 Å². The number of likely N-dealkylation sites (tertiary alicyclic amines) is 1. The highest BCUT2D eigenvalue weighted by atomic mass is 16.5. The van der Waals surface area contributed by atoms with Crippen molar-refractivity contribution >= 4 is 11.9 Å². The maximum absolute atomic E-state index is 12.2. The van der Waals surface area contributed by atoms with Crippen LogP contribution >= 0.6 is 0 Å². The van der Waals surface area contributed by atoms with Crippen LogP contribution in [-0.4, -0.2) is 51.6 Å². The summed E-state index contributed by atoms with van der Waals surface area (Å²) in [6, 6.07) is 3.72. The molecule has 2 rings (SSSR count). The minimum Gasteiger partial charge on any atom is -0.493 e. The van der Waals surface area contributed by atoms with Gasteiger partial charge in [-0.3, -0.25) is 9.69 Å². The molecule has 0 spiro atoms. The maximum atomic E-state index is 12.2. The average Bonchev–Trinajstić information content (AvgIpc) is 2.57. The SMILES string of the molecule is CCCN1CCC(=O)/C(=C/c2cc(OC)c(OC)c(OC)c2)C1. The monoisotopic (exact) mass is 319 g/mol. The lowest BCUT2D eigenvalue weighted by molar-refractivity contribution is -0.117. The zero-order valence-electron chi connectivity index (χ0n) is 14.3. The van der Waals surface area contributed by atoms with Gasteiger partial charge in [0.15, 0.2) is 17.3 Å². The van der Waals surface area contributed by atoms with Crippen molar-refractivity contribution in [2.75, 3.05) is 41.0 Å². The van der Waals surface area contributed by atoms with Gasteiger partial charge in [0.25, 0.3) is 0 Å². The third kappa shape index (κ3) is 4.05. The van der Waals surface area contributed by atoms with Crippen LogP contribution in [0.2, 0.25) is 0 Å². The van der Waals surface area contributed by atoms with Gasteiger partial charge in [-0.05, 0) is 36.7 Å². The van der Waals surface area contributed by atoms with Crippen molar-refractivity contribution in [3.63, 3.8) is 0 Å². The highest BCUT2D eigenvalue weighted by molar-refractivity contribution is 6.00. The Labute approximate surface area is 137 Å². The standard InChI is InChI=1S/C18H25NO4/c1-5-7-19-8-6-15(20)14(12-19)9-13-10-16(21-2)18(23-4)17(11-13)22-3/h9-11H,5-8,12H2,1-4H3/b14-9+. The fourth-order valence-corrected chi connectivity index (χ4v) is 2.85. The van der Waals surface area contributed by atoms with E-state index >= 15 is 0 Å². The fourth-order valence-electron chi connectivity index (χ4n) is 2.85. The normalized spacial score (nSPS) is 17.4. The largest absolute Gasteiger partial charge is 0.493 e. The molecule has 0 aliphatic carbocycles. The number of methoxy groups -OCH3 is 3. The van der Waals surface area contributed by atoms with Crippen molar-refractivity contribution in [2.45, 2.75) is 19.8 Å². The van der Waals surface area contributed by atoms with Crippen molar-refractivity contribution in [3.8, 4) is 17.2 Å². The molecule has 5 heteroatoms. The Hall–Kier alpha value is -2.01. The molecule has 1 aromatic rings. The van der Waals surface area contributed by atoms with Crippen LogP contribution in [0.25, 0.3) is 6.08 Å². The second-order valence-corrected chi connectivity index (χ2v) is 5.58. The number of benzene rings is 1. The van der Waals surface area contributed by atoms with E-state index in [0.717, 1.165) is 30.6 Å². The second kappa shape index (κ2) is 8.02. The van der Waals surface area contributed by atoms with E-state index < -0.39 is 0 Å². The summed E-state index contributed by atoms with van der Waals surface area (Å²) in [6.07, 6.45) is 3.59. The van der Waals surface area contributed by atoms with Gasteiger partial charge < -0.3 is 14.2 Å². The Morgan fingerprint density at radius 2 is 1.78 bits per heavy atom. The molecule has 0 N–H and O–H groups in total. The zero-order valence-corrected chi connectivity index (χ0v) is 14.3. The molecule has 0 unspecified atom stereocenters. The molecule has 1 heterocycles. The first-order valence-electron chi connectivity index (χ1n) is 7.89. The van der Waals surface area contributed by atoms with Crippen molar-refractivity contribution < 1.29 is 19.0 Å². The van der Waals surface area contributed by atoms with Crippen LogP contribution in [0.3, 0.4) is 0 Å². The van der Waals surface area contributed by atoms with E-state index in [0.29, 0.717) is 30.2 Å². The molecule has 23 heavy (non-hydrogen) atoms. The molecule has 1 saturated heterocycles. The first-order chi connectivity index (χ1) is 11.1. The first kappa shape index (κ1) is 17.3. The number of piperidine rings is 1. The van der Waals surface area contributed by atoms with Crippen LogP contribution < -0.4 is 14.2 Å². The van der Waals surface area contributed by atoms with E-state index in [2.05, 4.69) is 11.8 Å². The molecule has 126 valence electrons. The van der Waals surface area contributed by atoms with Gasteiger partial charge in [0.2, 0.25) is 5.75 Å². The zero-order chi connectivity index (χ0) is 16.8. The Morgan fingerprint density at radius 3 is 2.30 bits per heavy atom. The van der Waals surface area contributed by atoms with Crippen LogP contribution in [0.5, 0.6) is 17.2 Å². The molecule has 1 aliphatic heterocycles. The van der Waals surface area contributed by atoms with E-state index in [-0.39, 0.29) is 5.78 Å². The van der Waals surface area contributed by atoms with E-state index in [4.69, 9.17) is 14.2 Å². The minimum absolute atomic E-state index is 0.214. The fraction of sp³-hybridized carbons (Fsp3) is 0.500. The molecule has 1 aliphatic rings. The first-order valence-corrected chi connectivity index (χ1v) is 7.89. The number of ether oxygens (including phenoxy) is 3. The van der Waals surface area contributed by atoms with Crippen molar-refractivity contribution in [2.24, 2.45) is 0 Å². The molecule has 0 saturated carbocycles. The number of ketones is 1. The number of carbonyl (C=O) groups excluding carboxylic acids is 1. The topological polar surface area (TPSA) is 48.0 Å². The Morgan fingerprint density at radius 1 is 1.13 bits per heavy atom. The van der Waals surface area contributed by atoms with Gasteiger partial charge in [-0.15, -0.1) is 0 Å². The van der Waals surface area contributed by atoms with Gasteiger partial charge in [0.05, 0.1) is 21.3 Å². The summed E-state index contributed by atoms with van der Waals surface area (Å²) >= 11 is 0. The molecule has 0 atom stereocenters. The smallest absolute Gasteiger partial charge is 0.203 e. The average molecular weight is 319 g/mol. The summed E-state index contributed by atoms with van der Waals surface area (Å²) < 4.78 is 16.1. The molecule has 5 nitrogen and oxygen atoms in total. The van der Waals surface area contributed by atoms with E-state index in [1.54, 1.807) is 21.3 Å². The van der Waals surface area contributed by atoms with Gasteiger partial charge >= 0.3 is 0 Å². The minimum atomic E-state index is 0.214. The Kier molecular flexibility index (Phi) is 6.04. The lowest BCUT2D eigenvalue weighted by Gasteiger charge is -2.27. The van der Waals surface area contributed by atoms with Gasteiger partial charge in [0.1, 0.15) is 0 Å². The summed E-state index contributed by atoms with van der Waals surface area (Å²) in [5.74, 6) is 1.95. The molecule has 0 bridgehead atoms. The Bertz CT molecular complexity index is 570. The summed E-state index contributed by atoms with van der Waals surface area (Å²) in [5, 5.41) is 0. The predicted octanol–water partition coefficient (Wildman–Crippen LogP) is 2.78. The lowest BCUT2D eigenvalue weighted by atomic mass is 10.00. The van der Waals surface area contributed by atoms with Crippen molar-refractivity contribution in [3.05, 3.63) is 23.3 Å². The quantitative estimate of drug-likeness (QED) is 0.755. The molecular weight excluding hydrogens is 294 g/mol. The number of rotatable bonds is 6. The number of hydrogen-bond donors (Lipinski definition) is 0. The summed E-state index contributed by atoms with van der Waals surface area (Å²) in [6.45, 7) is 4.71. The van der Waals surface area contributed by atoms with Crippen LogP contribution in [-0.2, 0) is 4.79 Å². The van der Waals surface area contributed by atoms with Crippen LogP contribution in [0.4, 0.5) is 0 Å². The van der Waals surface area contributed by atoms with E-state index in [1.165, 1.54) is 0 Å². The predicted molar refractivity (Wildman–Crippen MR) is 90.4 cm³/mol. The van der Waals surface area contributed by atoms with Gasteiger partial charge in [-0.1, -0.05) is 6.92 Å². The molecule has 0 radical (unpaired) electrons.